The van der Waals surface area contributed by atoms with E-state index in [0.717, 1.165) is 24.0 Å². The lowest BCUT2D eigenvalue weighted by Gasteiger charge is -1.97. The molecule has 1 heterocycles. The zero-order chi connectivity index (χ0) is 12.5. The van der Waals surface area contributed by atoms with Gasteiger partial charge in [-0.25, -0.2) is 0 Å². The molecule has 0 radical (unpaired) electrons. The first-order valence-corrected chi connectivity index (χ1v) is 6.78. The summed E-state index contributed by atoms with van der Waals surface area (Å²) < 4.78 is 5.70. The zero-order valence-electron chi connectivity index (χ0n) is 10.7. The Hall–Kier alpha value is -1.51. The topological polar surface area (TPSA) is 42.2 Å². The van der Waals surface area contributed by atoms with Crippen LogP contribution >= 0.6 is 0 Å². The highest BCUT2D eigenvalue weighted by atomic mass is 16.3. The maximum absolute atomic E-state index is 11.5. The van der Waals surface area contributed by atoms with Gasteiger partial charge in [-0.05, 0) is 49.3 Å². The molecule has 0 aliphatic heterocycles. The molecule has 2 aliphatic rings. The molecule has 1 aromatic heterocycles. The lowest BCUT2D eigenvalue weighted by atomic mass is 10.3. The van der Waals surface area contributed by atoms with Gasteiger partial charge in [-0.15, -0.1) is 0 Å². The van der Waals surface area contributed by atoms with Gasteiger partial charge in [-0.1, -0.05) is 6.92 Å². The van der Waals surface area contributed by atoms with Gasteiger partial charge >= 0.3 is 0 Å². The maximum atomic E-state index is 11.5. The van der Waals surface area contributed by atoms with Crippen LogP contribution in [0.5, 0.6) is 0 Å². The highest BCUT2D eigenvalue weighted by Gasteiger charge is 2.36. The molecule has 1 aromatic rings. The van der Waals surface area contributed by atoms with Crippen LogP contribution in [0.2, 0.25) is 0 Å². The van der Waals surface area contributed by atoms with Crippen molar-refractivity contribution in [2.75, 3.05) is 6.54 Å². The highest BCUT2D eigenvalue weighted by molar-refractivity contribution is 5.91. The van der Waals surface area contributed by atoms with Gasteiger partial charge < -0.3 is 9.73 Å². The molecule has 3 nitrogen and oxygen atoms in total. The number of nitrogens with one attached hydrogen (secondary N) is 1. The number of furan rings is 1. The fourth-order valence-corrected chi connectivity index (χ4v) is 2.16. The smallest absolute Gasteiger partial charge is 0.244 e. The van der Waals surface area contributed by atoms with Gasteiger partial charge in [0, 0.05) is 18.5 Å². The van der Waals surface area contributed by atoms with Crippen LogP contribution in [-0.2, 0) is 4.79 Å². The average Bonchev–Trinajstić information content (AvgIpc) is 3.26. The number of hydrogen-bond donors (Lipinski definition) is 1. The number of hydrogen-bond acceptors (Lipinski definition) is 2. The third-order valence-corrected chi connectivity index (χ3v) is 3.78. The second kappa shape index (κ2) is 4.63. The summed E-state index contributed by atoms with van der Waals surface area (Å²) in [5.74, 6) is 3.85. The van der Waals surface area contributed by atoms with Crippen molar-refractivity contribution in [2.45, 2.75) is 32.1 Å². The van der Waals surface area contributed by atoms with Crippen molar-refractivity contribution < 1.29 is 9.21 Å². The quantitative estimate of drug-likeness (QED) is 0.810. The molecule has 0 bridgehead atoms. The second-order valence-electron chi connectivity index (χ2n) is 5.58. The van der Waals surface area contributed by atoms with Crippen molar-refractivity contribution in [1.82, 2.24) is 5.32 Å². The van der Waals surface area contributed by atoms with Gasteiger partial charge in [0.2, 0.25) is 5.91 Å². The van der Waals surface area contributed by atoms with E-state index in [4.69, 9.17) is 4.42 Å². The first-order valence-electron chi connectivity index (χ1n) is 6.78. The van der Waals surface area contributed by atoms with Crippen molar-refractivity contribution in [3.8, 4) is 0 Å². The molecule has 2 aliphatic carbocycles. The average molecular weight is 245 g/mol. The van der Waals surface area contributed by atoms with Crippen molar-refractivity contribution >= 4 is 12.0 Å². The molecule has 1 N–H and O–H groups in total. The van der Waals surface area contributed by atoms with E-state index in [2.05, 4.69) is 12.2 Å². The number of amides is 1. The molecule has 1 amide bonds. The van der Waals surface area contributed by atoms with Gasteiger partial charge in [0.25, 0.3) is 0 Å². The Morgan fingerprint density at radius 1 is 1.50 bits per heavy atom. The van der Waals surface area contributed by atoms with Crippen molar-refractivity contribution in [3.63, 3.8) is 0 Å². The van der Waals surface area contributed by atoms with E-state index in [-0.39, 0.29) is 5.91 Å². The Labute approximate surface area is 107 Å². The maximum Gasteiger partial charge on any atom is 0.244 e. The van der Waals surface area contributed by atoms with Crippen LogP contribution in [0.3, 0.4) is 0 Å². The van der Waals surface area contributed by atoms with Crippen molar-refractivity contribution in [1.29, 1.82) is 0 Å². The largest absolute Gasteiger partial charge is 0.461 e. The van der Waals surface area contributed by atoms with Gasteiger partial charge in [-0.2, -0.15) is 0 Å². The summed E-state index contributed by atoms with van der Waals surface area (Å²) in [7, 11) is 0. The molecule has 0 spiro atoms. The molecular weight excluding hydrogens is 226 g/mol. The standard InChI is InChI=1S/C15H19NO2/c1-10-8-13(10)14-6-4-12(18-14)5-7-15(17)16-9-11-2-3-11/h4-7,10-11,13H,2-3,8-9H2,1H3,(H,16,17). The van der Waals surface area contributed by atoms with Crippen LogP contribution in [0.1, 0.15) is 43.6 Å². The molecule has 2 atom stereocenters. The summed E-state index contributed by atoms with van der Waals surface area (Å²) in [6, 6.07) is 3.96. The van der Waals surface area contributed by atoms with Crippen LogP contribution in [-0.4, -0.2) is 12.5 Å². The Kier molecular flexibility index (Phi) is 2.98. The lowest BCUT2D eigenvalue weighted by molar-refractivity contribution is -0.116. The molecule has 96 valence electrons. The minimum atomic E-state index is -0.0281. The molecule has 0 saturated heterocycles. The van der Waals surface area contributed by atoms with E-state index in [1.165, 1.54) is 19.3 Å². The first-order chi connectivity index (χ1) is 8.72. The summed E-state index contributed by atoms with van der Waals surface area (Å²) in [4.78, 5) is 11.5. The zero-order valence-corrected chi connectivity index (χ0v) is 10.7. The van der Waals surface area contributed by atoms with E-state index in [9.17, 15) is 4.79 Å². The van der Waals surface area contributed by atoms with Crippen LogP contribution in [0.15, 0.2) is 22.6 Å². The van der Waals surface area contributed by atoms with Crippen molar-refractivity contribution in [3.05, 3.63) is 29.7 Å². The summed E-state index contributed by atoms with van der Waals surface area (Å²) >= 11 is 0. The minimum absolute atomic E-state index is 0.0281. The molecule has 2 unspecified atom stereocenters. The first kappa shape index (κ1) is 11.6. The summed E-state index contributed by atoms with van der Waals surface area (Å²) in [6.45, 7) is 3.04. The van der Waals surface area contributed by atoms with Gasteiger partial charge in [0.15, 0.2) is 0 Å². The lowest BCUT2D eigenvalue weighted by Crippen LogP contribution is -2.23. The number of carbonyl (C=O) groups excluding carboxylic acids is 1. The van der Waals surface area contributed by atoms with Crippen LogP contribution in [0.4, 0.5) is 0 Å². The van der Waals surface area contributed by atoms with Crippen LogP contribution < -0.4 is 5.32 Å². The monoisotopic (exact) mass is 245 g/mol. The Morgan fingerprint density at radius 3 is 2.94 bits per heavy atom. The minimum Gasteiger partial charge on any atom is -0.461 e. The fraction of sp³-hybridized carbons (Fsp3) is 0.533. The summed E-state index contributed by atoms with van der Waals surface area (Å²) in [5.41, 5.74) is 0. The van der Waals surface area contributed by atoms with Crippen LogP contribution in [0, 0.1) is 11.8 Å². The molecule has 3 heteroatoms. The van der Waals surface area contributed by atoms with Crippen molar-refractivity contribution in [2.24, 2.45) is 11.8 Å². The second-order valence-corrected chi connectivity index (χ2v) is 5.58. The third-order valence-electron chi connectivity index (χ3n) is 3.78. The van der Waals surface area contributed by atoms with Gasteiger partial charge in [0.1, 0.15) is 11.5 Å². The predicted octanol–water partition coefficient (Wildman–Crippen LogP) is 2.94. The molecule has 0 aromatic carbocycles. The number of rotatable bonds is 5. The molecule has 18 heavy (non-hydrogen) atoms. The Bertz CT molecular complexity index is 471. The van der Waals surface area contributed by atoms with E-state index < -0.39 is 0 Å². The van der Waals surface area contributed by atoms with Crippen LogP contribution in [0.25, 0.3) is 6.08 Å². The van der Waals surface area contributed by atoms with Gasteiger partial charge in [-0.3, -0.25) is 4.79 Å². The predicted molar refractivity (Wildman–Crippen MR) is 70.0 cm³/mol. The van der Waals surface area contributed by atoms with E-state index >= 15 is 0 Å². The number of carbonyl (C=O) groups is 1. The Balaban J connectivity index is 1.51. The molecular formula is C15H19NO2. The SMILES string of the molecule is CC1CC1c1ccc(C=CC(=O)NCC2CC2)o1. The summed E-state index contributed by atoms with van der Waals surface area (Å²) in [5, 5.41) is 2.90. The fourth-order valence-electron chi connectivity index (χ4n) is 2.16. The molecule has 2 saturated carbocycles. The third kappa shape index (κ3) is 2.84. The van der Waals surface area contributed by atoms with E-state index in [1.807, 2.05) is 12.1 Å². The van der Waals surface area contributed by atoms with E-state index in [0.29, 0.717) is 11.8 Å². The van der Waals surface area contributed by atoms with E-state index in [1.54, 1.807) is 12.2 Å². The summed E-state index contributed by atoms with van der Waals surface area (Å²) in [6.07, 6.45) is 7.04. The Morgan fingerprint density at radius 2 is 2.28 bits per heavy atom. The normalized spacial score (nSPS) is 26.5. The van der Waals surface area contributed by atoms with Gasteiger partial charge in [0.05, 0.1) is 0 Å². The molecule has 3 rings (SSSR count). The molecule has 2 fully saturated rings. The highest BCUT2D eigenvalue weighted by Crippen LogP contribution is 2.47.